The molecule has 0 aliphatic carbocycles. The van der Waals surface area contributed by atoms with Crippen LogP contribution in [0.1, 0.15) is 31.7 Å². The van der Waals surface area contributed by atoms with Gasteiger partial charge in [-0.2, -0.15) is 0 Å². The zero-order valence-electron chi connectivity index (χ0n) is 18.1. The summed E-state index contributed by atoms with van der Waals surface area (Å²) in [5.41, 5.74) is 3.88. The average Bonchev–Trinajstić information content (AvgIpc) is 3.09. The quantitative estimate of drug-likeness (QED) is 0.298. The molecule has 0 spiro atoms. The number of hydrogen-bond donors (Lipinski definition) is 0. The molecule has 5 heteroatoms. The van der Waals surface area contributed by atoms with Crippen LogP contribution in [0.5, 0.6) is 0 Å². The van der Waals surface area contributed by atoms with Crippen LogP contribution in [-0.4, -0.2) is 23.4 Å². The molecule has 162 valence electrons. The van der Waals surface area contributed by atoms with Crippen molar-refractivity contribution in [2.75, 3.05) is 11.4 Å². The smallest absolute Gasteiger partial charge is 0.404 e. The van der Waals surface area contributed by atoms with Crippen LogP contribution >= 0.6 is 0 Å². The van der Waals surface area contributed by atoms with Crippen molar-refractivity contribution in [3.05, 3.63) is 96.3 Å². The van der Waals surface area contributed by atoms with Crippen LogP contribution in [0.4, 0.5) is 21.9 Å². The van der Waals surface area contributed by atoms with Crippen LogP contribution in [-0.2, 0) is 9.53 Å². The van der Waals surface area contributed by atoms with Crippen molar-refractivity contribution in [2.24, 2.45) is 0 Å². The summed E-state index contributed by atoms with van der Waals surface area (Å²) >= 11 is 0. The molecule has 1 fully saturated rings. The van der Waals surface area contributed by atoms with Crippen molar-refractivity contribution in [3.8, 4) is 0 Å². The number of benzene rings is 3. The highest BCUT2D eigenvalue weighted by atomic mass is 16.6. The van der Waals surface area contributed by atoms with Gasteiger partial charge in [-0.3, -0.25) is 4.79 Å². The molecule has 0 aromatic heterocycles. The minimum absolute atomic E-state index is 0.0715. The number of ether oxygens (including phenoxy) is 1. The zero-order chi connectivity index (χ0) is 22.3. The SMILES string of the molecule is CCCCCN1C(=O)O/C(=C/c2ccc(N(c3ccccc3)c3ccccc3)cc2)C1=O. The number of cyclic esters (lactones) is 1. The van der Waals surface area contributed by atoms with Crippen molar-refractivity contribution in [1.29, 1.82) is 0 Å². The van der Waals surface area contributed by atoms with Gasteiger partial charge < -0.3 is 9.64 Å². The van der Waals surface area contributed by atoms with Gasteiger partial charge in [0.1, 0.15) is 0 Å². The van der Waals surface area contributed by atoms with Gasteiger partial charge in [0.25, 0.3) is 5.91 Å². The number of unbranched alkanes of at least 4 members (excludes halogenated alkanes) is 2. The first-order chi connectivity index (χ1) is 15.7. The number of anilines is 3. The summed E-state index contributed by atoms with van der Waals surface area (Å²) in [6.45, 7) is 2.47. The van der Waals surface area contributed by atoms with E-state index in [-0.39, 0.29) is 11.7 Å². The Hall–Kier alpha value is -3.86. The van der Waals surface area contributed by atoms with E-state index < -0.39 is 6.09 Å². The van der Waals surface area contributed by atoms with Crippen LogP contribution in [0.3, 0.4) is 0 Å². The van der Waals surface area contributed by atoms with Gasteiger partial charge in [0, 0.05) is 23.6 Å². The Morgan fingerprint density at radius 1 is 0.781 bits per heavy atom. The van der Waals surface area contributed by atoms with Gasteiger partial charge in [0.2, 0.25) is 0 Å². The lowest BCUT2D eigenvalue weighted by Gasteiger charge is -2.25. The molecule has 1 aliphatic heterocycles. The summed E-state index contributed by atoms with van der Waals surface area (Å²) in [5, 5.41) is 0. The summed E-state index contributed by atoms with van der Waals surface area (Å²) in [5.74, 6) is -0.299. The van der Waals surface area contributed by atoms with E-state index in [0.29, 0.717) is 6.54 Å². The van der Waals surface area contributed by atoms with E-state index >= 15 is 0 Å². The maximum absolute atomic E-state index is 12.6. The van der Waals surface area contributed by atoms with Gasteiger partial charge in [0.05, 0.1) is 0 Å². The van der Waals surface area contributed by atoms with Crippen LogP contribution in [0, 0.1) is 0 Å². The molecule has 3 aromatic carbocycles. The Bertz CT molecular complexity index is 1050. The fraction of sp³-hybridized carbons (Fsp3) is 0.185. The highest BCUT2D eigenvalue weighted by Crippen LogP contribution is 2.34. The van der Waals surface area contributed by atoms with E-state index in [1.165, 1.54) is 4.90 Å². The predicted molar refractivity (Wildman–Crippen MR) is 127 cm³/mol. The molecule has 4 rings (SSSR count). The normalized spacial score (nSPS) is 14.7. The van der Waals surface area contributed by atoms with Gasteiger partial charge >= 0.3 is 6.09 Å². The first kappa shape index (κ1) is 21.4. The predicted octanol–water partition coefficient (Wildman–Crippen LogP) is 6.67. The number of imide groups is 1. The monoisotopic (exact) mass is 426 g/mol. The van der Waals surface area contributed by atoms with Crippen LogP contribution in [0.25, 0.3) is 6.08 Å². The standard InChI is InChI=1S/C27H26N2O3/c1-2-3-10-19-28-26(30)25(32-27(28)31)20-21-15-17-24(18-16-21)29(22-11-6-4-7-12-22)23-13-8-5-9-14-23/h4-9,11-18,20H,2-3,10,19H2,1H3/b25-20+. The van der Waals surface area contributed by atoms with Crippen molar-refractivity contribution < 1.29 is 14.3 Å². The number of carbonyl (C=O) groups is 2. The van der Waals surface area contributed by atoms with Gasteiger partial charge in [-0.05, 0) is 54.5 Å². The van der Waals surface area contributed by atoms with Crippen molar-refractivity contribution in [2.45, 2.75) is 26.2 Å². The van der Waals surface area contributed by atoms with E-state index in [9.17, 15) is 9.59 Å². The fourth-order valence-electron chi connectivity index (χ4n) is 3.69. The molecule has 1 heterocycles. The molecule has 1 aliphatic rings. The lowest BCUT2D eigenvalue weighted by molar-refractivity contribution is -0.123. The molecule has 3 aromatic rings. The largest absolute Gasteiger partial charge is 0.422 e. The Kier molecular flexibility index (Phi) is 6.66. The summed E-state index contributed by atoms with van der Waals surface area (Å²) in [7, 11) is 0. The lowest BCUT2D eigenvalue weighted by Crippen LogP contribution is -2.29. The molecule has 32 heavy (non-hydrogen) atoms. The molecular formula is C27H26N2O3. The molecule has 0 unspecified atom stereocenters. The zero-order valence-corrected chi connectivity index (χ0v) is 18.1. The van der Waals surface area contributed by atoms with Crippen LogP contribution in [0.2, 0.25) is 0 Å². The maximum Gasteiger partial charge on any atom is 0.422 e. The minimum Gasteiger partial charge on any atom is -0.404 e. The van der Waals surface area contributed by atoms with Crippen LogP contribution < -0.4 is 4.90 Å². The van der Waals surface area contributed by atoms with E-state index in [4.69, 9.17) is 4.74 Å². The van der Waals surface area contributed by atoms with Gasteiger partial charge in [-0.1, -0.05) is 68.3 Å². The lowest BCUT2D eigenvalue weighted by atomic mass is 10.1. The second-order valence-corrected chi connectivity index (χ2v) is 7.64. The summed E-state index contributed by atoms with van der Waals surface area (Å²) in [6.07, 6.45) is 3.81. The van der Waals surface area contributed by atoms with E-state index in [2.05, 4.69) is 36.1 Å². The Morgan fingerprint density at radius 3 is 1.91 bits per heavy atom. The molecule has 0 atom stereocenters. The first-order valence-electron chi connectivity index (χ1n) is 10.9. The fourth-order valence-corrected chi connectivity index (χ4v) is 3.69. The van der Waals surface area contributed by atoms with E-state index in [1.807, 2.05) is 60.7 Å². The Morgan fingerprint density at radius 2 is 1.34 bits per heavy atom. The van der Waals surface area contributed by atoms with Crippen molar-refractivity contribution >= 4 is 35.1 Å². The summed E-state index contributed by atoms with van der Waals surface area (Å²) in [4.78, 5) is 28.0. The molecule has 0 bridgehead atoms. The molecule has 0 radical (unpaired) electrons. The average molecular weight is 427 g/mol. The summed E-state index contributed by atoms with van der Waals surface area (Å²) in [6, 6.07) is 28.1. The molecule has 5 nitrogen and oxygen atoms in total. The maximum atomic E-state index is 12.6. The Balaban J connectivity index is 1.57. The number of para-hydroxylation sites is 2. The third kappa shape index (κ3) is 4.72. The molecule has 2 amide bonds. The molecule has 0 saturated carbocycles. The van der Waals surface area contributed by atoms with Crippen LogP contribution in [0.15, 0.2) is 90.7 Å². The second-order valence-electron chi connectivity index (χ2n) is 7.64. The topological polar surface area (TPSA) is 49.9 Å². The highest BCUT2D eigenvalue weighted by Gasteiger charge is 2.35. The van der Waals surface area contributed by atoms with Gasteiger partial charge in [0.15, 0.2) is 5.76 Å². The van der Waals surface area contributed by atoms with Gasteiger partial charge in [-0.15, -0.1) is 0 Å². The molecule has 0 N–H and O–H groups in total. The van der Waals surface area contributed by atoms with Gasteiger partial charge in [-0.25, -0.2) is 9.69 Å². The number of rotatable bonds is 8. The Labute approximate surface area is 188 Å². The summed E-state index contributed by atoms with van der Waals surface area (Å²) < 4.78 is 5.23. The number of nitrogens with zero attached hydrogens (tertiary/aromatic N) is 2. The third-order valence-electron chi connectivity index (χ3n) is 5.34. The number of carbonyl (C=O) groups excluding carboxylic acids is 2. The highest BCUT2D eigenvalue weighted by molar-refractivity contribution is 6.09. The third-order valence-corrected chi connectivity index (χ3v) is 5.34. The van der Waals surface area contributed by atoms with Crippen molar-refractivity contribution in [3.63, 3.8) is 0 Å². The number of amides is 2. The van der Waals surface area contributed by atoms with E-state index in [0.717, 1.165) is 41.9 Å². The second kappa shape index (κ2) is 9.96. The van der Waals surface area contributed by atoms with Crippen molar-refractivity contribution in [1.82, 2.24) is 4.90 Å². The molecule has 1 saturated heterocycles. The molecular weight excluding hydrogens is 400 g/mol. The number of hydrogen-bond acceptors (Lipinski definition) is 4. The first-order valence-corrected chi connectivity index (χ1v) is 10.9. The van der Waals surface area contributed by atoms with E-state index in [1.54, 1.807) is 6.08 Å². The minimum atomic E-state index is -0.590.